The van der Waals surface area contributed by atoms with Crippen molar-refractivity contribution in [2.24, 2.45) is 5.92 Å². The average molecular weight is 259 g/mol. The fourth-order valence-corrected chi connectivity index (χ4v) is 2.51. The molecule has 0 aliphatic rings. The van der Waals surface area contributed by atoms with E-state index >= 15 is 0 Å². The Morgan fingerprint density at radius 3 is 2.63 bits per heavy atom. The molecule has 0 aliphatic carbocycles. The van der Waals surface area contributed by atoms with Crippen LogP contribution in [0.2, 0.25) is 0 Å². The summed E-state index contributed by atoms with van der Waals surface area (Å²) in [6.07, 6.45) is 6.47. The van der Waals surface area contributed by atoms with Crippen LogP contribution in [0.25, 0.3) is 11.0 Å². The van der Waals surface area contributed by atoms with Crippen molar-refractivity contribution in [3.63, 3.8) is 0 Å². The molecule has 0 bridgehead atoms. The molecule has 1 heterocycles. The predicted octanol–water partition coefficient (Wildman–Crippen LogP) is 4.23. The normalized spacial score (nSPS) is 11.5. The SMILES string of the molecule is CC(C)CCCCCCn1c(N)nc2ccccc21. The van der Waals surface area contributed by atoms with Crippen LogP contribution in [0.4, 0.5) is 5.95 Å². The number of rotatable bonds is 7. The van der Waals surface area contributed by atoms with Gasteiger partial charge >= 0.3 is 0 Å². The summed E-state index contributed by atoms with van der Waals surface area (Å²) < 4.78 is 2.14. The van der Waals surface area contributed by atoms with Crippen molar-refractivity contribution >= 4 is 17.0 Å². The first kappa shape index (κ1) is 13.9. The van der Waals surface area contributed by atoms with Crippen LogP contribution in [0.15, 0.2) is 24.3 Å². The molecule has 2 rings (SSSR count). The summed E-state index contributed by atoms with van der Waals surface area (Å²) in [5.74, 6) is 1.47. The second-order valence-corrected chi connectivity index (χ2v) is 5.71. The molecule has 1 aromatic heterocycles. The number of aromatic nitrogens is 2. The van der Waals surface area contributed by atoms with E-state index in [0.717, 1.165) is 23.5 Å². The summed E-state index contributed by atoms with van der Waals surface area (Å²) in [4.78, 5) is 4.39. The highest BCUT2D eigenvalue weighted by atomic mass is 15.1. The molecule has 0 fully saturated rings. The summed E-state index contributed by atoms with van der Waals surface area (Å²) in [7, 11) is 0. The number of imidazole rings is 1. The van der Waals surface area contributed by atoms with E-state index < -0.39 is 0 Å². The Morgan fingerprint density at radius 2 is 1.84 bits per heavy atom. The van der Waals surface area contributed by atoms with Gasteiger partial charge < -0.3 is 10.3 Å². The van der Waals surface area contributed by atoms with Gasteiger partial charge in [-0.05, 0) is 24.5 Å². The fourth-order valence-electron chi connectivity index (χ4n) is 2.51. The summed E-state index contributed by atoms with van der Waals surface area (Å²) >= 11 is 0. The Bertz CT molecular complexity index is 514. The van der Waals surface area contributed by atoms with E-state index in [1.165, 1.54) is 32.1 Å². The van der Waals surface area contributed by atoms with Crippen molar-refractivity contribution in [3.05, 3.63) is 24.3 Å². The smallest absolute Gasteiger partial charge is 0.201 e. The van der Waals surface area contributed by atoms with E-state index in [9.17, 15) is 0 Å². The van der Waals surface area contributed by atoms with Crippen molar-refractivity contribution in [1.29, 1.82) is 0 Å². The van der Waals surface area contributed by atoms with E-state index in [2.05, 4.69) is 29.5 Å². The van der Waals surface area contributed by atoms with Crippen molar-refractivity contribution in [2.75, 3.05) is 5.73 Å². The van der Waals surface area contributed by atoms with Crippen LogP contribution in [0, 0.1) is 5.92 Å². The Kier molecular flexibility index (Phi) is 4.83. The summed E-state index contributed by atoms with van der Waals surface area (Å²) in [5.41, 5.74) is 8.14. The molecular weight excluding hydrogens is 234 g/mol. The maximum Gasteiger partial charge on any atom is 0.201 e. The third kappa shape index (κ3) is 3.72. The number of aryl methyl sites for hydroxylation is 1. The predicted molar refractivity (Wildman–Crippen MR) is 82.1 cm³/mol. The Morgan fingerprint density at radius 1 is 1.11 bits per heavy atom. The monoisotopic (exact) mass is 259 g/mol. The molecule has 19 heavy (non-hydrogen) atoms. The standard InChI is InChI=1S/C16H25N3/c1-13(2)9-5-3-4-8-12-19-15-11-7-6-10-14(15)18-16(19)17/h6-7,10-11,13H,3-5,8-9,12H2,1-2H3,(H2,17,18). The zero-order valence-corrected chi connectivity index (χ0v) is 12.1. The molecule has 3 heteroatoms. The average Bonchev–Trinajstić information content (AvgIpc) is 2.69. The van der Waals surface area contributed by atoms with Gasteiger partial charge in [0.25, 0.3) is 0 Å². The largest absolute Gasteiger partial charge is 0.369 e. The quantitative estimate of drug-likeness (QED) is 0.756. The van der Waals surface area contributed by atoms with Gasteiger partial charge in [0.15, 0.2) is 0 Å². The van der Waals surface area contributed by atoms with Crippen molar-refractivity contribution < 1.29 is 0 Å². The van der Waals surface area contributed by atoms with Gasteiger partial charge in [0, 0.05) is 6.54 Å². The van der Waals surface area contributed by atoms with Gasteiger partial charge in [-0.15, -0.1) is 0 Å². The first-order chi connectivity index (χ1) is 9.18. The molecule has 0 aliphatic heterocycles. The summed E-state index contributed by atoms with van der Waals surface area (Å²) in [6.45, 7) is 5.56. The maximum atomic E-state index is 5.99. The van der Waals surface area contributed by atoms with Gasteiger partial charge in [-0.1, -0.05) is 51.7 Å². The molecule has 1 aromatic carbocycles. The molecular formula is C16H25N3. The number of unbranched alkanes of at least 4 members (excludes halogenated alkanes) is 3. The topological polar surface area (TPSA) is 43.8 Å². The maximum absolute atomic E-state index is 5.99. The zero-order chi connectivity index (χ0) is 13.7. The zero-order valence-electron chi connectivity index (χ0n) is 12.1. The lowest BCUT2D eigenvalue weighted by molar-refractivity contribution is 0.508. The number of anilines is 1. The van der Waals surface area contributed by atoms with E-state index in [0.29, 0.717) is 5.95 Å². The van der Waals surface area contributed by atoms with Crippen LogP contribution < -0.4 is 5.73 Å². The van der Waals surface area contributed by atoms with Crippen LogP contribution in [-0.4, -0.2) is 9.55 Å². The molecule has 3 nitrogen and oxygen atoms in total. The van der Waals surface area contributed by atoms with Gasteiger partial charge in [-0.3, -0.25) is 0 Å². The Balaban J connectivity index is 1.83. The number of nitrogens with two attached hydrogens (primary N) is 1. The molecule has 2 aromatic rings. The third-order valence-corrected chi connectivity index (χ3v) is 3.60. The highest BCUT2D eigenvalue weighted by Gasteiger charge is 2.06. The molecule has 0 spiro atoms. The molecule has 2 N–H and O–H groups in total. The lowest BCUT2D eigenvalue weighted by atomic mass is 10.0. The fraction of sp³-hybridized carbons (Fsp3) is 0.562. The number of hydrogen-bond acceptors (Lipinski definition) is 2. The van der Waals surface area contributed by atoms with Gasteiger partial charge in [0.1, 0.15) is 0 Å². The molecule has 0 saturated heterocycles. The van der Waals surface area contributed by atoms with Crippen LogP contribution in [-0.2, 0) is 6.54 Å². The second-order valence-electron chi connectivity index (χ2n) is 5.71. The van der Waals surface area contributed by atoms with E-state index in [-0.39, 0.29) is 0 Å². The van der Waals surface area contributed by atoms with Crippen LogP contribution in [0.3, 0.4) is 0 Å². The number of para-hydroxylation sites is 2. The molecule has 104 valence electrons. The lowest BCUT2D eigenvalue weighted by Gasteiger charge is -2.07. The van der Waals surface area contributed by atoms with Gasteiger partial charge in [-0.2, -0.15) is 0 Å². The molecule has 0 unspecified atom stereocenters. The molecule has 0 amide bonds. The third-order valence-electron chi connectivity index (χ3n) is 3.60. The second kappa shape index (κ2) is 6.60. The van der Waals surface area contributed by atoms with Gasteiger partial charge in [0.05, 0.1) is 11.0 Å². The summed E-state index contributed by atoms with van der Waals surface area (Å²) in [5, 5.41) is 0. The molecule has 0 atom stereocenters. The minimum Gasteiger partial charge on any atom is -0.369 e. The first-order valence-corrected chi connectivity index (χ1v) is 7.39. The Labute approximate surface area is 115 Å². The van der Waals surface area contributed by atoms with E-state index in [1.807, 2.05) is 18.2 Å². The van der Waals surface area contributed by atoms with Crippen LogP contribution in [0.5, 0.6) is 0 Å². The number of benzene rings is 1. The van der Waals surface area contributed by atoms with Crippen molar-refractivity contribution in [1.82, 2.24) is 9.55 Å². The highest BCUT2D eigenvalue weighted by molar-refractivity contribution is 5.78. The van der Waals surface area contributed by atoms with Crippen LogP contribution >= 0.6 is 0 Å². The number of fused-ring (bicyclic) bond motifs is 1. The first-order valence-electron chi connectivity index (χ1n) is 7.39. The van der Waals surface area contributed by atoms with Crippen LogP contribution in [0.1, 0.15) is 46.0 Å². The van der Waals surface area contributed by atoms with E-state index in [4.69, 9.17) is 5.73 Å². The number of hydrogen-bond donors (Lipinski definition) is 1. The number of nitrogens with zero attached hydrogens (tertiary/aromatic N) is 2. The number of nitrogen functional groups attached to an aromatic ring is 1. The lowest BCUT2D eigenvalue weighted by Crippen LogP contribution is -2.03. The minimum absolute atomic E-state index is 0.642. The highest BCUT2D eigenvalue weighted by Crippen LogP contribution is 2.18. The van der Waals surface area contributed by atoms with Gasteiger partial charge in [-0.25, -0.2) is 4.98 Å². The molecule has 0 radical (unpaired) electrons. The molecule has 0 saturated carbocycles. The van der Waals surface area contributed by atoms with Gasteiger partial charge in [0.2, 0.25) is 5.95 Å². The Hall–Kier alpha value is -1.51. The van der Waals surface area contributed by atoms with E-state index in [1.54, 1.807) is 0 Å². The van der Waals surface area contributed by atoms with Crippen molar-refractivity contribution in [2.45, 2.75) is 52.5 Å². The van der Waals surface area contributed by atoms with Crippen molar-refractivity contribution in [3.8, 4) is 0 Å². The minimum atomic E-state index is 0.642. The summed E-state index contributed by atoms with van der Waals surface area (Å²) in [6, 6.07) is 8.16.